The fraction of sp³-hybridized carbons (Fsp3) is 0.143. The van der Waals surface area contributed by atoms with Crippen molar-refractivity contribution in [2.45, 2.75) is 6.42 Å². The predicted octanol–water partition coefficient (Wildman–Crippen LogP) is 4.08. The SMILES string of the molecule is Oc1ccc(Oc2ccc(CCNCl)cc2)cc1I. The fourth-order valence-corrected chi connectivity index (χ4v) is 2.18. The first-order valence-corrected chi connectivity index (χ1v) is 7.23. The third kappa shape index (κ3) is 4.26. The van der Waals surface area contributed by atoms with Crippen LogP contribution in [0.1, 0.15) is 5.56 Å². The monoisotopic (exact) mass is 389 g/mol. The van der Waals surface area contributed by atoms with Crippen LogP contribution in [0.25, 0.3) is 0 Å². The van der Waals surface area contributed by atoms with Crippen molar-refractivity contribution in [3.63, 3.8) is 0 Å². The highest BCUT2D eigenvalue weighted by atomic mass is 127. The summed E-state index contributed by atoms with van der Waals surface area (Å²) in [7, 11) is 0. The van der Waals surface area contributed by atoms with Crippen LogP contribution in [0, 0.1) is 3.57 Å². The maximum absolute atomic E-state index is 9.45. The summed E-state index contributed by atoms with van der Waals surface area (Å²) in [5, 5.41) is 9.45. The maximum Gasteiger partial charge on any atom is 0.129 e. The second-order valence-electron chi connectivity index (χ2n) is 3.99. The van der Waals surface area contributed by atoms with Gasteiger partial charge in [0.2, 0.25) is 0 Å². The van der Waals surface area contributed by atoms with Gasteiger partial charge in [-0.1, -0.05) is 12.1 Å². The molecule has 0 amide bonds. The van der Waals surface area contributed by atoms with Gasteiger partial charge in [-0.15, -0.1) is 0 Å². The number of hydrogen-bond donors (Lipinski definition) is 2. The Morgan fingerprint density at radius 2 is 1.79 bits per heavy atom. The van der Waals surface area contributed by atoms with E-state index in [-0.39, 0.29) is 5.75 Å². The van der Waals surface area contributed by atoms with E-state index < -0.39 is 0 Å². The van der Waals surface area contributed by atoms with E-state index in [1.807, 2.05) is 24.3 Å². The smallest absolute Gasteiger partial charge is 0.129 e. The average molecular weight is 390 g/mol. The van der Waals surface area contributed by atoms with Crippen molar-refractivity contribution in [2.75, 3.05) is 6.54 Å². The van der Waals surface area contributed by atoms with Crippen molar-refractivity contribution in [2.24, 2.45) is 0 Å². The molecule has 0 aliphatic heterocycles. The van der Waals surface area contributed by atoms with Gasteiger partial charge >= 0.3 is 0 Å². The van der Waals surface area contributed by atoms with Gasteiger partial charge < -0.3 is 9.84 Å². The Labute approximate surface area is 130 Å². The second kappa shape index (κ2) is 6.98. The van der Waals surface area contributed by atoms with Crippen molar-refractivity contribution in [1.82, 2.24) is 4.84 Å². The van der Waals surface area contributed by atoms with E-state index >= 15 is 0 Å². The minimum atomic E-state index is 0.261. The van der Waals surface area contributed by atoms with E-state index in [2.05, 4.69) is 27.4 Å². The highest BCUT2D eigenvalue weighted by Crippen LogP contribution is 2.28. The molecule has 5 heteroatoms. The van der Waals surface area contributed by atoms with E-state index in [1.165, 1.54) is 5.56 Å². The van der Waals surface area contributed by atoms with Crippen molar-refractivity contribution in [3.8, 4) is 17.2 Å². The Morgan fingerprint density at radius 3 is 2.42 bits per heavy atom. The lowest BCUT2D eigenvalue weighted by molar-refractivity contribution is 0.461. The zero-order valence-electron chi connectivity index (χ0n) is 10.1. The van der Waals surface area contributed by atoms with Crippen LogP contribution in [-0.2, 0) is 6.42 Å². The molecule has 2 N–H and O–H groups in total. The molecule has 0 fully saturated rings. The molecule has 0 saturated carbocycles. The van der Waals surface area contributed by atoms with Crippen LogP contribution >= 0.6 is 34.4 Å². The number of aromatic hydroxyl groups is 1. The van der Waals surface area contributed by atoms with Crippen LogP contribution in [0.2, 0.25) is 0 Å². The molecular weight excluding hydrogens is 377 g/mol. The lowest BCUT2D eigenvalue weighted by Gasteiger charge is -2.07. The van der Waals surface area contributed by atoms with Crippen LogP contribution in [0.5, 0.6) is 17.2 Å². The summed E-state index contributed by atoms with van der Waals surface area (Å²) in [6.07, 6.45) is 0.876. The molecule has 0 unspecified atom stereocenters. The standard InChI is InChI=1S/C14H13ClINO2/c15-17-8-7-10-1-3-11(4-2-10)19-12-5-6-14(18)13(16)9-12/h1-6,9,17-18H,7-8H2. The van der Waals surface area contributed by atoms with E-state index in [4.69, 9.17) is 16.5 Å². The number of phenols is 1. The molecule has 19 heavy (non-hydrogen) atoms. The van der Waals surface area contributed by atoms with E-state index in [1.54, 1.807) is 18.2 Å². The van der Waals surface area contributed by atoms with Crippen LogP contribution in [0.15, 0.2) is 42.5 Å². The third-order valence-electron chi connectivity index (χ3n) is 2.59. The van der Waals surface area contributed by atoms with E-state index in [9.17, 15) is 5.11 Å². The van der Waals surface area contributed by atoms with Crippen LogP contribution in [-0.4, -0.2) is 11.7 Å². The topological polar surface area (TPSA) is 41.5 Å². The summed E-state index contributed by atoms with van der Waals surface area (Å²) in [5.74, 6) is 1.73. The molecule has 2 rings (SSSR count). The lowest BCUT2D eigenvalue weighted by Crippen LogP contribution is -2.04. The highest BCUT2D eigenvalue weighted by molar-refractivity contribution is 14.1. The molecule has 0 bridgehead atoms. The highest BCUT2D eigenvalue weighted by Gasteiger charge is 2.02. The zero-order chi connectivity index (χ0) is 13.7. The molecule has 3 nitrogen and oxygen atoms in total. The van der Waals surface area contributed by atoms with Crippen LogP contribution in [0.3, 0.4) is 0 Å². The molecule has 0 radical (unpaired) electrons. The zero-order valence-corrected chi connectivity index (χ0v) is 13.0. The molecule has 0 aliphatic carbocycles. The number of benzene rings is 2. The number of hydrogen-bond acceptors (Lipinski definition) is 3. The van der Waals surface area contributed by atoms with Gasteiger partial charge in [-0.25, -0.2) is 4.84 Å². The Kier molecular flexibility index (Phi) is 5.30. The Balaban J connectivity index is 2.04. The normalized spacial score (nSPS) is 10.4. The predicted molar refractivity (Wildman–Crippen MR) is 84.9 cm³/mol. The van der Waals surface area contributed by atoms with Crippen LogP contribution < -0.4 is 9.57 Å². The van der Waals surface area contributed by atoms with Crippen LogP contribution in [0.4, 0.5) is 0 Å². The number of rotatable bonds is 5. The first kappa shape index (κ1) is 14.4. The third-order valence-corrected chi connectivity index (χ3v) is 3.64. The Morgan fingerprint density at radius 1 is 1.11 bits per heavy atom. The second-order valence-corrected chi connectivity index (χ2v) is 5.42. The number of ether oxygens (including phenoxy) is 1. The van der Waals surface area contributed by atoms with Gasteiger partial charge in [0.1, 0.15) is 17.2 Å². The largest absolute Gasteiger partial charge is 0.507 e. The minimum absolute atomic E-state index is 0.261. The lowest BCUT2D eigenvalue weighted by atomic mass is 10.1. The molecule has 0 heterocycles. The van der Waals surface area contributed by atoms with E-state index in [0.29, 0.717) is 5.75 Å². The molecule has 2 aromatic rings. The maximum atomic E-state index is 9.45. The van der Waals surface area contributed by atoms with Gasteiger partial charge in [-0.3, -0.25) is 0 Å². The molecule has 0 spiro atoms. The summed E-state index contributed by atoms with van der Waals surface area (Å²) in [4.78, 5) is 2.60. The molecule has 2 aromatic carbocycles. The summed E-state index contributed by atoms with van der Waals surface area (Å²) in [5.41, 5.74) is 1.20. The van der Waals surface area contributed by atoms with E-state index in [0.717, 1.165) is 22.3 Å². The number of nitrogens with one attached hydrogen (secondary N) is 1. The minimum Gasteiger partial charge on any atom is -0.507 e. The van der Waals surface area contributed by atoms with Gasteiger partial charge in [-0.2, -0.15) is 0 Å². The Hall–Kier alpha value is -0.980. The average Bonchev–Trinajstić information content (AvgIpc) is 2.42. The fourth-order valence-electron chi connectivity index (χ4n) is 1.60. The van der Waals surface area contributed by atoms with Gasteiger partial charge in [0.25, 0.3) is 0 Å². The molecular formula is C14H13ClINO2. The molecule has 100 valence electrons. The summed E-state index contributed by atoms with van der Waals surface area (Å²) in [6, 6.07) is 13.0. The summed E-state index contributed by atoms with van der Waals surface area (Å²) in [6.45, 7) is 0.734. The number of phenolic OH excluding ortho intramolecular Hbond substituents is 1. The van der Waals surface area contributed by atoms with Gasteiger partial charge in [0.05, 0.1) is 3.57 Å². The van der Waals surface area contributed by atoms with Gasteiger partial charge in [0, 0.05) is 6.54 Å². The quantitative estimate of drug-likeness (QED) is 0.598. The molecule has 0 saturated heterocycles. The number of halogens is 2. The van der Waals surface area contributed by atoms with Crippen molar-refractivity contribution in [1.29, 1.82) is 0 Å². The first-order chi connectivity index (χ1) is 9.19. The molecule has 0 atom stereocenters. The van der Waals surface area contributed by atoms with Gasteiger partial charge in [0.15, 0.2) is 0 Å². The Bertz CT molecular complexity index is 546. The summed E-state index contributed by atoms with van der Waals surface area (Å²) < 4.78 is 6.48. The molecule has 0 aliphatic rings. The summed E-state index contributed by atoms with van der Waals surface area (Å²) >= 11 is 7.49. The van der Waals surface area contributed by atoms with Crippen molar-refractivity contribution < 1.29 is 9.84 Å². The van der Waals surface area contributed by atoms with Gasteiger partial charge in [-0.05, 0) is 76.7 Å². The molecule has 0 aromatic heterocycles. The van der Waals surface area contributed by atoms with Crippen molar-refractivity contribution >= 4 is 34.4 Å². The first-order valence-electron chi connectivity index (χ1n) is 5.78. The van der Waals surface area contributed by atoms with Crippen molar-refractivity contribution in [3.05, 3.63) is 51.6 Å².